The Kier molecular flexibility index (Phi) is 4.81. The van der Waals surface area contributed by atoms with E-state index in [1.165, 1.54) is 18.5 Å². The van der Waals surface area contributed by atoms with Crippen LogP contribution in [0.4, 0.5) is 4.39 Å². The van der Waals surface area contributed by atoms with Gasteiger partial charge in [-0.2, -0.15) is 0 Å². The first kappa shape index (κ1) is 15.7. The minimum absolute atomic E-state index is 0.110. The van der Waals surface area contributed by atoms with Crippen LogP contribution in [0.1, 0.15) is 5.56 Å². The van der Waals surface area contributed by atoms with Gasteiger partial charge in [0.1, 0.15) is 11.6 Å². The van der Waals surface area contributed by atoms with Crippen LogP contribution in [0.15, 0.2) is 59.3 Å². The number of hydrogen-bond acceptors (Lipinski definition) is 5. The van der Waals surface area contributed by atoms with Crippen molar-refractivity contribution in [2.75, 3.05) is 6.61 Å². The summed E-state index contributed by atoms with van der Waals surface area (Å²) >= 11 is 0. The van der Waals surface area contributed by atoms with Crippen molar-refractivity contribution in [3.63, 3.8) is 0 Å². The molecule has 0 saturated heterocycles. The first-order chi connectivity index (χ1) is 11.7. The van der Waals surface area contributed by atoms with Crippen LogP contribution in [0.25, 0.3) is 11.5 Å². The molecular formula is C17H14FN3O3. The highest BCUT2D eigenvalue weighted by atomic mass is 19.1. The number of nitrogens with zero attached hydrogens (tertiary/aromatic N) is 2. The fraction of sp³-hybridized carbons (Fsp3) is 0.118. The number of amides is 1. The summed E-state index contributed by atoms with van der Waals surface area (Å²) in [6.45, 7) is 0.208. The third kappa shape index (κ3) is 4.16. The molecule has 3 rings (SSSR count). The Bertz CT molecular complexity index is 787. The molecule has 1 N–H and O–H groups in total. The third-order valence-electron chi connectivity index (χ3n) is 3.23. The zero-order valence-electron chi connectivity index (χ0n) is 12.6. The molecule has 0 aliphatic heterocycles. The normalized spacial score (nSPS) is 10.4. The molecule has 0 aliphatic rings. The van der Waals surface area contributed by atoms with Crippen molar-refractivity contribution in [1.82, 2.24) is 15.5 Å². The van der Waals surface area contributed by atoms with Crippen molar-refractivity contribution >= 4 is 5.91 Å². The van der Waals surface area contributed by atoms with Crippen molar-refractivity contribution in [2.45, 2.75) is 6.54 Å². The summed E-state index contributed by atoms with van der Waals surface area (Å²) in [7, 11) is 0. The van der Waals surface area contributed by atoms with Crippen LogP contribution >= 0.6 is 0 Å². The van der Waals surface area contributed by atoms with E-state index in [1.54, 1.807) is 36.4 Å². The quantitative estimate of drug-likeness (QED) is 0.753. The van der Waals surface area contributed by atoms with Gasteiger partial charge in [-0.1, -0.05) is 12.1 Å². The maximum Gasteiger partial charge on any atom is 0.258 e. The van der Waals surface area contributed by atoms with Gasteiger partial charge < -0.3 is 14.5 Å². The largest absolute Gasteiger partial charge is 0.484 e. The minimum atomic E-state index is -0.308. The number of benzene rings is 2. The van der Waals surface area contributed by atoms with Gasteiger partial charge in [-0.25, -0.2) is 4.39 Å². The molecule has 24 heavy (non-hydrogen) atoms. The molecule has 1 heterocycles. The number of ether oxygens (including phenoxy) is 1. The van der Waals surface area contributed by atoms with E-state index in [1.807, 2.05) is 0 Å². The Morgan fingerprint density at radius 2 is 1.88 bits per heavy atom. The van der Waals surface area contributed by atoms with E-state index in [2.05, 4.69) is 15.5 Å². The maximum absolute atomic E-state index is 12.8. The SMILES string of the molecule is O=C(COc1ccc(-c2nnco2)cc1)NCc1ccc(F)cc1. The second kappa shape index (κ2) is 7.36. The zero-order chi connectivity index (χ0) is 16.8. The fourth-order valence-corrected chi connectivity index (χ4v) is 2.00. The standard InChI is InChI=1S/C17H14FN3O3/c18-14-5-1-12(2-6-14)9-19-16(22)10-23-15-7-3-13(4-8-15)17-21-20-11-24-17/h1-8,11H,9-10H2,(H,19,22). The lowest BCUT2D eigenvalue weighted by molar-refractivity contribution is -0.123. The van der Waals surface area contributed by atoms with Gasteiger partial charge in [0, 0.05) is 12.1 Å². The molecule has 1 amide bonds. The Hall–Kier alpha value is -3.22. The molecule has 0 atom stereocenters. The molecule has 0 saturated carbocycles. The van der Waals surface area contributed by atoms with Crippen LogP contribution in [0.3, 0.4) is 0 Å². The van der Waals surface area contributed by atoms with Crippen molar-refractivity contribution in [2.24, 2.45) is 0 Å². The van der Waals surface area contributed by atoms with Crippen LogP contribution in [0.5, 0.6) is 5.75 Å². The van der Waals surface area contributed by atoms with Crippen molar-refractivity contribution in [3.05, 3.63) is 66.3 Å². The van der Waals surface area contributed by atoms with Crippen molar-refractivity contribution < 1.29 is 18.3 Å². The highest BCUT2D eigenvalue weighted by molar-refractivity contribution is 5.77. The number of hydrogen-bond donors (Lipinski definition) is 1. The van der Waals surface area contributed by atoms with E-state index in [4.69, 9.17) is 9.15 Å². The number of aromatic nitrogens is 2. The van der Waals surface area contributed by atoms with Gasteiger partial charge in [-0.3, -0.25) is 4.79 Å². The number of carbonyl (C=O) groups excluding carboxylic acids is 1. The summed E-state index contributed by atoms with van der Waals surface area (Å²) in [4.78, 5) is 11.8. The Labute approximate surface area is 137 Å². The molecule has 6 nitrogen and oxygen atoms in total. The molecule has 0 fully saturated rings. The number of halogens is 1. The summed E-state index contributed by atoms with van der Waals surface area (Å²) < 4.78 is 23.3. The molecule has 0 aliphatic carbocycles. The third-order valence-corrected chi connectivity index (χ3v) is 3.23. The fourth-order valence-electron chi connectivity index (χ4n) is 2.00. The predicted octanol–water partition coefficient (Wildman–Crippen LogP) is 2.57. The van der Waals surface area contributed by atoms with E-state index < -0.39 is 0 Å². The predicted molar refractivity (Wildman–Crippen MR) is 83.5 cm³/mol. The molecule has 0 spiro atoms. The number of rotatable bonds is 6. The van der Waals surface area contributed by atoms with Crippen LogP contribution in [-0.2, 0) is 11.3 Å². The highest BCUT2D eigenvalue weighted by Gasteiger charge is 2.06. The van der Waals surface area contributed by atoms with Gasteiger partial charge in [0.15, 0.2) is 6.61 Å². The topological polar surface area (TPSA) is 77.2 Å². The van der Waals surface area contributed by atoms with E-state index in [0.29, 0.717) is 18.2 Å². The van der Waals surface area contributed by atoms with Crippen LogP contribution in [0.2, 0.25) is 0 Å². The average molecular weight is 327 g/mol. The lowest BCUT2D eigenvalue weighted by Gasteiger charge is -2.08. The molecule has 122 valence electrons. The first-order valence-corrected chi connectivity index (χ1v) is 7.21. The van der Waals surface area contributed by atoms with Gasteiger partial charge in [-0.15, -0.1) is 10.2 Å². The zero-order valence-corrected chi connectivity index (χ0v) is 12.6. The van der Waals surface area contributed by atoms with Crippen LogP contribution < -0.4 is 10.1 Å². The summed E-state index contributed by atoms with van der Waals surface area (Å²) in [6.07, 6.45) is 1.26. The summed E-state index contributed by atoms with van der Waals surface area (Å²) in [5.74, 6) is 0.395. The van der Waals surface area contributed by atoms with E-state index in [9.17, 15) is 9.18 Å². The second-order valence-corrected chi connectivity index (χ2v) is 4.96. The van der Waals surface area contributed by atoms with Gasteiger partial charge >= 0.3 is 0 Å². The first-order valence-electron chi connectivity index (χ1n) is 7.21. The average Bonchev–Trinajstić information content (AvgIpc) is 3.14. The molecule has 0 unspecified atom stereocenters. The molecule has 0 bridgehead atoms. The highest BCUT2D eigenvalue weighted by Crippen LogP contribution is 2.20. The smallest absolute Gasteiger partial charge is 0.258 e. The van der Waals surface area contributed by atoms with Crippen LogP contribution in [0, 0.1) is 5.82 Å². The van der Waals surface area contributed by atoms with Gasteiger partial charge in [0.2, 0.25) is 12.3 Å². The van der Waals surface area contributed by atoms with Crippen molar-refractivity contribution in [1.29, 1.82) is 0 Å². The molecule has 3 aromatic rings. The summed E-state index contributed by atoms with van der Waals surface area (Å²) in [5.41, 5.74) is 1.58. The number of nitrogens with one attached hydrogen (secondary N) is 1. The Balaban J connectivity index is 1.46. The van der Waals surface area contributed by atoms with Gasteiger partial charge in [-0.05, 0) is 42.0 Å². The molecule has 2 aromatic carbocycles. The van der Waals surface area contributed by atoms with E-state index in [0.717, 1.165) is 11.1 Å². The number of carbonyl (C=O) groups is 1. The lowest BCUT2D eigenvalue weighted by atomic mass is 10.2. The minimum Gasteiger partial charge on any atom is -0.484 e. The second-order valence-electron chi connectivity index (χ2n) is 4.96. The lowest BCUT2D eigenvalue weighted by Crippen LogP contribution is -2.28. The Morgan fingerprint density at radius 3 is 2.54 bits per heavy atom. The molecule has 7 heteroatoms. The van der Waals surface area contributed by atoms with E-state index in [-0.39, 0.29) is 18.3 Å². The van der Waals surface area contributed by atoms with Gasteiger partial charge in [0.25, 0.3) is 5.91 Å². The maximum atomic E-state index is 12.8. The Morgan fingerprint density at radius 1 is 1.12 bits per heavy atom. The van der Waals surface area contributed by atoms with Crippen LogP contribution in [-0.4, -0.2) is 22.7 Å². The summed E-state index contributed by atoms with van der Waals surface area (Å²) in [6, 6.07) is 12.9. The molecule has 0 radical (unpaired) electrons. The van der Waals surface area contributed by atoms with Crippen molar-refractivity contribution in [3.8, 4) is 17.2 Å². The van der Waals surface area contributed by atoms with E-state index >= 15 is 0 Å². The monoisotopic (exact) mass is 327 g/mol. The molecule has 1 aromatic heterocycles. The summed E-state index contributed by atoms with van der Waals surface area (Å²) in [5, 5.41) is 10.1. The van der Waals surface area contributed by atoms with Gasteiger partial charge in [0.05, 0.1) is 0 Å². The molecular weight excluding hydrogens is 313 g/mol.